The highest BCUT2D eigenvalue weighted by molar-refractivity contribution is 5.79. The van der Waals surface area contributed by atoms with Crippen LogP contribution in [0.3, 0.4) is 0 Å². The Morgan fingerprint density at radius 3 is 1.85 bits per heavy atom. The van der Waals surface area contributed by atoms with Gasteiger partial charge in [-0.1, -0.05) is 29.1 Å². The molecule has 5 atom stereocenters. The van der Waals surface area contributed by atoms with Crippen LogP contribution < -0.4 is 0 Å². The molecule has 34 heavy (non-hydrogen) atoms. The van der Waals surface area contributed by atoms with Crippen molar-refractivity contribution in [2.24, 2.45) is 5.16 Å². The van der Waals surface area contributed by atoms with E-state index >= 15 is 0 Å². The van der Waals surface area contributed by atoms with Crippen molar-refractivity contribution in [1.29, 1.82) is 0 Å². The highest BCUT2D eigenvalue weighted by Crippen LogP contribution is 2.29. The summed E-state index contributed by atoms with van der Waals surface area (Å²) in [6.07, 6.45) is -5.14. The highest BCUT2D eigenvalue weighted by Gasteiger charge is 2.46. The molecule has 0 spiro atoms. The van der Waals surface area contributed by atoms with E-state index in [9.17, 15) is 13.2 Å². The van der Waals surface area contributed by atoms with E-state index in [0.717, 1.165) is 17.7 Å². The van der Waals surface area contributed by atoms with Crippen LogP contribution in [0.5, 0.6) is 0 Å². The summed E-state index contributed by atoms with van der Waals surface area (Å²) in [6, 6.07) is 11.9. The molecular weight excluding hydrogens is 451 g/mol. The van der Waals surface area contributed by atoms with E-state index in [2.05, 4.69) is 17.0 Å². The maximum atomic E-state index is 12.6. The standard InChI is InChI=1S/C25H26F3NO5/c1-16-21(30-2)22(31-3)23(32-4)24(33-16)34-29-15-19-9-7-17(8-10-19)5-6-18-11-13-20(14-12-18)25(26,27)28/h7-16,21-24H,1-4H3/b29-15+/t16-,21-,22+,23+,24-/m0/s1. The molecule has 2 aromatic rings. The molecule has 1 fully saturated rings. The minimum atomic E-state index is -4.36. The number of oxime groups is 1. The predicted molar refractivity (Wildman–Crippen MR) is 119 cm³/mol. The SMILES string of the molecule is CO[C@@H]1[C@@H](OC)[C@H](C)O[C@@H](O/N=C/c2ccc(C#Cc3ccc(C(F)(F)F)cc3)cc2)[C@@H]1OC. The molecule has 2 aromatic carbocycles. The van der Waals surface area contributed by atoms with E-state index in [1.807, 2.05) is 6.92 Å². The minimum absolute atomic E-state index is 0.288. The third-order valence-electron chi connectivity index (χ3n) is 5.38. The van der Waals surface area contributed by atoms with E-state index < -0.39 is 24.1 Å². The zero-order valence-electron chi connectivity index (χ0n) is 19.2. The zero-order valence-corrected chi connectivity index (χ0v) is 19.2. The quantitative estimate of drug-likeness (QED) is 0.354. The molecule has 0 saturated carbocycles. The first-order valence-electron chi connectivity index (χ1n) is 10.5. The van der Waals surface area contributed by atoms with Crippen LogP contribution in [0.2, 0.25) is 0 Å². The second-order valence-corrected chi connectivity index (χ2v) is 7.60. The maximum absolute atomic E-state index is 12.6. The van der Waals surface area contributed by atoms with E-state index in [4.69, 9.17) is 23.8 Å². The largest absolute Gasteiger partial charge is 0.416 e. The molecule has 0 N–H and O–H groups in total. The Labute approximate surface area is 196 Å². The lowest BCUT2D eigenvalue weighted by molar-refractivity contribution is -0.305. The number of ether oxygens (including phenoxy) is 4. The van der Waals surface area contributed by atoms with Gasteiger partial charge in [0.1, 0.15) is 12.2 Å². The van der Waals surface area contributed by atoms with Crippen LogP contribution in [-0.4, -0.2) is 58.2 Å². The molecule has 0 bridgehead atoms. The third kappa shape index (κ3) is 6.36. The van der Waals surface area contributed by atoms with Gasteiger partial charge in [-0.2, -0.15) is 13.2 Å². The summed E-state index contributed by atoms with van der Waals surface area (Å²) in [5, 5.41) is 4.01. The molecule has 182 valence electrons. The Bertz CT molecular complexity index is 1010. The maximum Gasteiger partial charge on any atom is 0.416 e. The Hall–Kier alpha value is -2.90. The average molecular weight is 477 g/mol. The summed E-state index contributed by atoms with van der Waals surface area (Å²) in [5.74, 6) is 5.77. The van der Waals surface area contributed by atoms with Gasteiger partial charge < -0.3 is 23.8 Å². The van der Waals surface area contributed by atoms with Crippen LogP contribution >= 0.6 is 0 Å². The average Bonchev–Trinajstić information content (AvgIpc) is 2.82. The van der Waals surface area contributed by atoms with Gasteiger partial charge in [0.2, 0.25) is 0 Å². The normalized spacial score (nSPS) is 25.1. The smallest absolute Gasteiger partial charge is 0.376 e. The predicted octanol–water partition coefficient (Wildman–Crippen LogP) is 4.25. The highest BCUT2D eigenvalue weighted by atomic mass is 19.4. The summed E-state index contributed by atoms with van der Waals surface area (Å²) in [6.45, 7) is 1.86. The number of halogens is 3. The molecule has 1 saturated heterocycles. The van der Waals surface area contributed by atoms with Crippen molar-refractivity contribution in [2.75, 3.05) is 21.3 Å². The van der Waals surface area contributed by atoms with Gasteiger partial charge in [0.05, 0.1) is 17.9 Å². The molecular formula is C25H26F3NO5. The van der Waals surface area contributed by atoms with Gasteiger partial charge in [-0.3, -0.25) is 0 Å². The van der Waals surface area contributed by atoms with Crippen LogP contribution in [0.25, 0.3) is 0 Å². The molecule has 1 aliphatic heterocycles. The van der Waals surface area contributed by atoms with Gasteiger partial charge in [-0.05, 0) is 48.9 Å². The van der Waals surface area contributed by atoms with Crippen molar-refractivity contribution < 1.29 is 37.0 Å². The van der Waals surface area contributed by atoms with Crippen LogP contribution in [0, 0.1) is 11.8 Å². The van der Waals surface area contributed by atoms with Gasteiger partial charge in [0, 0.05) is 32.5 Å². The molecule has 0 amide bonds. The van der Waals surface area contributed by atoms with E-state index in [1.54, 1.807) is 38.5 Å². The van der Waals surface area contributed by atoms with Gasteiger partial charge in [-0.15, -0.1) is 0 Å². The molecule has 0 aliphatic carbocycles. The Morgan fingerprint density at radius 1 is 0.824 bits per heavy atom. The fourth-order valence-corrected chi connectivity index (χ4v) is 3.59. The topological polar surface area (TPSA) is 58.5 Å². The summed E-state index contributed by atoms with van der Waals surface area (Å²) >= 11 is 0. The summed E-state index contributed by atoms with van der Waals surface area (Å²) in [4.78, 5) is 5.53. The van der Waals surface area contributed by atoms with E-state index in [0.29, 0.717) is 11.1 Å². The first-order chi connectivity index (χ1) is 16.3. The summed E-state index contributed by atoms with van der Waals surface area (Å²) in [7, 11) is 4.69. The zero-order chi connectivity index (χ0) is 24.7. The summed E-state index contributed by atoms with van der Waals surface area (Å²) in [5.41, 5.74) is 1.25. The van der Waals surface area contributed by atoms with E-state index in [1.165, 1.54) is 25.5 Å². The Balaban J connectivity index is 1.60. The number of rotatable bonds is 6. The second-order valence-electron chi connectivity index (χ2n) is 7.60. The van der Waals surface area contributed by atoms with Gasteiger partial charge in [-0.25, -0.2) is 0 Å². The lowest BCUT2D eigenvalue weighted by Gasteiger charge is -2.42. The van der Waals surface area contributed by atoms with Crippen molar-refractivity contribution in [2.45, 2.75) is 43.8 Å². The molecule has 0 aromatic heterocycles. The fourth-order valence-electron chi connectivity index (χ4n) is 3.59. The van der Waals surface area contributed by atoms with Gasteiger partial charge in [0.15, 0.2) is 6.10 Å². The molecule has 9 heteroatoms. The molecule has 1 heterocycles. The first kappa shape index (κ1) is 25.7. The van der Waals surface area contributed by atoms with Crippen molar-refractivity contribution in [1.82, 2.24) is 0 Å². The molecule has 1 aliphatic rings. The van der Waals surface area contributed by atoms with Crippen molar-refractivity contribution >= 4 is 6.21 Å². The number of hydrogen-bond donors (Lipinski definition) is 0. The van der Waals surface area contributed by atoms with Gasteiger partial charge in [0.25, 0.3) is 6.29 Å². The van der Waals surface area contributed by atoms with Crippen molar-refractivity contribution in [3.05, 3.63) is 70.8 Å². The van der Waals surface area contributed by atoms with Crippen molar-refractivity contribution in [3.63, 3.8) is 0 Å². The third-order valence-corrected chi connectivity index (χ3v) is 5.38. The Kier molecular flexibility index (Phi) is 8.69. The number of nitrogens with zero attached hydrogens (tertiary/aromatic N) is 1. The lowest BCUT2D eigenvalue weighted by Crippen LogP contribution is -2.59. The van der Waals surface area contributed by atoms with E-state index in [-0.39, 0.29) is 18.3 Å². The van der Waals surface area contributed by atoms with Crippen LogP contribution in [0.15, 0.2) is 53.7 Å². The molecule has 6 nitrogen and oxygen atoms in total. The van der Waals surface area contributed by atoms with Crippen LogP contribution in [-0.2, 0) is 30.0 Å². The second kappa shape index (κ2) is 11.5. The van der Waals surface area contributed by atoms with Crippen LogP contribution in [0.1, 0.15) is 29.2 Å². The van der Waals surface area contributed by atoms with Gasteiger partial charge >= 0.3 is 6.18 Å². The molecule has 3 rings (SSSR count). The number of benzene rings is 2. The first-order valence-corrected chi connectivity index (χ1v) is 10.5. The van der Waals surface area contributed by atoms with Crippen molar-refractivity contribution in [3.8, 4) is 11.8 Å². The summed E-state index contributed by atoms with van der Waals surface area (Å²) < 4.78 is 60.2. The molecule has 0 radical (unpaired) electrons. The number of alkyl halides is 3. The fraction of sp³-hybridized carbons (Fsp3) is 0.400. The minimum Gasteiger partial charge on any atom is -0.376 e. The molecule has 0 unspecified atom stereocenters. The van der Waals surface area contributed by atoms with Crippen LogP contribution in [0.4, 0.5) is 13.2 Å². The Morgan fingerprint density at radius 2 is 1.35 bits per heavy atom. The lowest BCUT2D eigenvalue weighted by atomic mass is 9.99. The monoisotopic (exact) mass is 477 g/mol. The number of methoxy groups -OCH3 is 3. The number of hydrogen-bond acceptors (Lipinski definition) is 6.